The van der Waals surface area contributed by atoms with Gasteiger partial charge in [0, 0.05) is 31.3 Å². The summed E-state index contributed by atoms with van der Waals surface area (Å²) in [5.74, 6) is 0.147. The van der Waals surface area contributed by atoms with Crippen molar-refractivity contribution >= 4 is 5.97 Å². The van der Waals surface area contributed by atoms with Crippen LogP contribution in [0.1, 0.15) is 29.2 Å². The average Bonchev–Trinajstić information content (AvgIpc) is 3.38. The Bertz CT molecular complexity index is 1400. The molecule has 3 aromatic carbocycles. The number of nitrogens with zero attached hydrogens (tertiary/aromatic N) is 3. The van der Waals surface area contributed by atoms with E-state index in [0.717, 1.165) is 47.2 Å². The van der Waals surface area contributed by atoms with Crippen LogP contribution in [0.4, 0.5) is 0 Å². The first kappa shape index (κ1) is 23.9. The molecule has 0 fully saturated rings. The van der Waals surface area contributed by atoms with Gasteiger partial charge >= 0.3 is 5.97 Å². The highest BCUT2D eigenvalue weighted by atomic mass is 16.5. The lowest BCUT2D eigenvalue weighted by atomic mass is 9.93. The monoisotopic (exact) mass is 483 g/mol. The summed E-state index contributed by atoms with van der Waals surface area (Å²) in [6, 6.07) is 20.7. The number of rotatable bonds is 8. The second kappa shape index (κ2) is 10.4. The Balaban J connectivity index is 1.44. The van der Waals surface area contributed by atoms with Crippen molar-refractivity contribution in [2.45, 2.75) is 32.9 Å². The van der Waals surface area contributed by atoms with E-state index in [-0.39, 0.29) is 6.54 Å². The van der Waals surface area contributed by atoms with E-state index in [1.165, 1.54) is 16.7 Å². The number of hydrogen-bond acceptors (Lipinski definition) is 6. The van der Waals surface area contributed by atoms with E-state index in [1.54, 1.807) is 7.11 Å². The number of carboxylic acids is 1. The van der Waals surface area contributed by atoms with Crippen LogP contribution >= 0.6 is 0 Å². The Kier molecular flexibility index (Phi) is 6.93. The van der Waals surface area contributed by atoms with Crippen molar-refractivity contribution in [2.24, 2.45) is 0 Å². The number of hydrogen-bond donors (Lipinski definition) is 1. The van der Waals surface area contributed by atoms with Crippen LogP contribution in [-0.4, -0.2) is 46.3 Å². The first-order valence-corrected chi connectivity index (χ1v) is 12.2. The Morgan fingerprint density at radius 3 is 2.64 bits per heavy atom. The zero-order chi connectivity index (χ0) is 25.1. The van der Waals surface area contributed by atoms with Gasteiger partial charge in [-0.1, -0.05) is 54.5 Å². The molecule has 0 saturated carbocycles. The SMILES string of the molecule is CCc1ccccc1-c1ccc(-c2nc(-c3ccc4c(c3)CN(CC(=O)O)CC4)no2)cc1COC. The van der Waals surface area contributed by atoms with Crippen LogP contribution in [0.2, 0.25) is 0 Å². The molecule has 1 N–H and O–H groups in total. The van der Waals surface area contributed by atoms with Gasteiger partial charge in [0.05, 0.1) is 13.2 Å². The lowest BCUT2D eigenvalue weighted by Crippen LogP contribution is -2.34. The van der Waals surface area contributed by atoms with Gasteiger partial charge in [-0.2, -0.15) is 4.98 Å². The first-order valence-electron chi connectivity index (χ1n) is 12.2. The fourth-order valence-corrected chi connectivity index (χ4v) is 4.89. The van der Waals surface area contributed by atoms with Crippen LogP contribution in [0, 0.1) is 0 Å². The molecular weight excluding hydrogens is 454 g/mol. The zero-order valence-electron chi connectivity index (χ0n) is 20.5. The summed E-state index contributed by atoms with van der Waals surface area (Å²) in [5.41, 5.74) is 8.72. The van der Waals surface area contributed by atoms with Crippen LogP contribution < -0.4 is 0 Å². The molecule has 7 heteroatoms. The third-order valence-corrected chi connectivity index (χ3v) is 6.68. The van der Waals surface area contributed by atoms with Gasteiger partial charge in [0.15, 0.2) is 0 Å². The van der Waals surface area contributed by atoms with E-state index in [4.69, 9.17) is 14.4 Å². The summed E-state index contributed by atoms with van der Waals surface area (Å²) in [6.07, 6.45) is 1.78. The maximum atomic E-state index is 11.1. The summed E-state index contributed by atoms with van der Waals surface area (Å²) in [5, 5.41) is 13.4. The minimum absolute atomic E-state index is 0.0402. The number of aryl methyl sites for hydroxylation is 1. The second-order valence-corrected chi connectivity index (χ2v) is 9.08. The molecular formula is C29H29N3O4. The summed E-state index contributed by atoms with van der Waals surface area (Å²) in [7, 11) is 1.70. The first-order chi connectivity index (χ1) is 17.6. The number of carboxylic acid groups (broad SMARTS) is 1. The molecule has 1 aliphatic rings. The maximum absolute atomic E-state index is 11.1. The number of ether oxygens (including phenoxy) is 1. The van der Waals surface area contributed by atoms with Gasteiger partial charge in [0.2, 0.25) is 5.82 Å². The fourth-order valence-electron chi connectivity index (χ4n) is 4.89. The Labute approximate surface area is 210 Å². The largest absolute Gasteiger partial charge is 0.480 e. The smallest absolute Gasteiger partial charge is 0.317 e. The van der Waals surface area contributed by atoms with Gasteiger partial charge in [0.1, 0.15) is 0 Å². The molecule has 0 radical (unpaired) electrons. The number of aromatic nitrogens is 2. The predicted molar refractivity (Wildman–Crippen MR) is 137 cm³/mol. The minimum Gasteiger partial charge on any atom is -0.480 e. The van der Waals surface area contributed by atoms with Crippen LogP contribution in [0.25, 0.3) is 34.0 Å². The van der Waals surface area contributed by atoms with Gasteiger partial charge in [-0.25, -0.2) is 0 Å². The third-order valence-electron chi connectivity index (χ3n) is 6.68. The minimum atomic E-state index is -0.811. The van der Waals surface area contributed by atoms with Crippen molar-refractivity contribution in [2.75, 3.05) is 20.2 Å². The molecule has 1 aliphatic heterocycles. The molecule has 0 bridgehead atoms. The third kappa shape index (κ3) is 4.94. The van der Waals surface area contributed by atoms with Gasteiger partial charge in [-0.15, -0.1) is 0 Å². The molecule has 0 aliphatic carbocycles. The Morgan fingerprint density at radius 2 is 1.83 bits per heavy atom. The van der Waals surface area contributed by atoms with Crippen molar-refractivity contribution in [3.05, 3.63) is 82.9 Å². The molecule has 36 heavy (non-hydrogen) atoms. The number of fused-ring (bicyclic) bond motifs is 1. The number of carbonyl (C=O) groups is 1. The molecule has 0 saturated heterocycles. The lowest BCUT2D eigenvalue weighted by Gasteiger charge is -2.27. The van der Waals surface area contributed by atoms with E-state index < -0.39 is 5.97 Å². The molecule has 7 nitrogen and oxygen atoms in total. The van der Waals surface area contributed by atoms with Gasteiger partial charge in [0.25, 0.3) is 5.89 Å². The van der Waals surface area contributed by atoms with E-state index in [1.807, 2.05) is 23.1 Å². The predicted octanol–water partition coefficient (Wildman–Crippen LogP) is 5.22. The van der Waals surface area contributed by atoms with Crippen LogP contribution in [0.5, 0.6) is 0 Å². The van der Waals surface area contributed by atoms with Crippen LogP contribution in [-0.2, 0) is 35.5 Å². The summed E-state index contributed by atoms with van der Waals surface area (Å²) in [6.45, 7) is 4.01. The number of methoxy groups -OCH3 is 1. The maximum Gasteiger partial charge on any atom is 0.317 e. The van der Waals surface area contributed by atoms with E-state index in [0.29, 0.717) is 24.9 Å². The van der Waals surface area contributed by atoms with Crippen molar-refractivity contribution in [1.29, 1.82) is 0 Å². The highest BCUT2D eigenvalue weighted by Crippen LogP contribution is 2.32. The summed E-state index contributed by atoms with van der Waals surface area (Å²) < 4.78 is 11.2. The summed E-state index contributed by atoms with van der Waals surface area (Å²) in [4.78, 5) is 17.7. The van der Waals surface area contributed by atoms with Crippen molar-refractivity contribution < 1.29 is 19.2 Å². The van der Waals surface area contributed by atoms with Crippen LogP contribution in [0.15, 0.2) is 65.2 Å². The van der Waals surface area contributed by atoms with Crippen molar-refractivity contribution in [3.8, 4) is 34.0 Å². The topological polar surface area (TPSA) is 88.7 Å². The van der Waals surface area contributed by atoms with Gasteiger partial charge in [-0.05, 0) is 64.4 Å². The van der Waals surface area contributed by atoms with Gasteiger partial charge < -0.3 is 14.4 Å². The van der Waals surface area contributed by atoms with Crippen molar-refractivity contribution in [1.82, 2.24) is 15.0 Å². The van der Waals surface area contributed by atoms with Crippen molar-refractivity contribution in [3.63, 3.8) is 0 Å². The molecule has 0 atom stereocenters. The standard InChI is InChI=1S/C29H29N3O4/c1-3-19-6-4-5-7-25(19)26-11-10-22(15-24(26)18-35-2)29-30-28(31-36-29)21-9-8-20-12-13-32(17-27(33)34)16-23(20)14-21/h4-11,14-15H,3,12-13,16-18H2,1-2H3,(H,33,34). The molecule has 0 unspecified atom stereocenters. The zero-order valence-corrected chi connectivity index (χ0v) is 20.5. The average molecular weight is 484 g/mol. The van der Waals surface area contributed by atoms with E-state index in [2.05, 4.69) is 59.5 Å². The number of benzene rings is 3. The fraction of sp³-hybridized carbons (Fsp3) is 0.276. The molecule has 184 valence electrons. The molecule has 2 heterocycles. The Morgan fingerprint density at radius 1 is 1.03 bits per heavy atom. The molecule has 4 aromatic rings. The molecule has 0 amide bonds. The lowest BCUT2D eigenvalue weighted by molar-refractivity contribution is -0.138. The van der Waals surface area contributed by atoms with Gasteiger partial charge in [-0.3, -0.25) is 9.69 Å². The molecule has 0 spiro atoms. The van der Waals surface area contributed by atoms with E-state index in [9.17, 15) is 4.79 Å². The van der Waals surface area contributed by atoms with Crippen LogP contribution in [0.3, 0.4) is 0 Å². The highest BCUT2D eigenvalue weighted by Gasteiger charge is 2.20. The second-order valence-electron chi connectivity index (χ2n) is 9.08. The quantitative estimate of drug-likeness (QED) is 0.367. The number of aliphatic carboxylic acids is 1. The molecule has 5 rings (SSSR count). The molecule has 1 aromatic heterocycles. The highest BCUT2D eigenvalue weighted by molar-refractivity contribution is 5.74. The Hall–Kier alpha value is -3.81. The normalized spacial score (nSPS) is 13.5. The summed E-state index contributed by atoms with van der Waals surface area (Å²) >= 11 is 0. The van der Waals surface area contributed by atoms with E-state index >= 15 is 0 Å².